The predicted octanol–water partition coefficient (Wildman–Crippen LogP) is 2.17. The van der Waals surface area contributed by atoms with Gasteiger partial charge in [-0.05, 0) is 32.0 Å². The van der Waals surface area contributed by atoms with Gasteiger partial charge in [0.1, 0.15) is 5.75 Å². The Labute approximate surface area is 94.4 Å². The minimum atomic E-state index is -1.06. The molecule has 0 spiro atoms. The maximum Gasteiger partial charge on any atom is 0.411 e. The fourth-order valence-corrected chi connectivity index (χ4v) is 1.25. The standard InChI is InChI=1S/C11H16N2O3/c1-7(2)16-10-5-4-8(12)6-9(10)13(3)11(14)15/h4-7H,12H2,1-3H3,(H,14,15). The summed E-state index contributed by atoms with van der Waals surface area (Å²) < 4.78 is 5.51. The summed E-state index contributed by atoms with van der Waals surface area (Å²) in [5.74, 6) is 0.508. The van der Waals surface area contributed by atoms with E-state index < -0.39 is 6.09 Å². The zero-order chi connectivity index (χ0) is 12.3. The van der Waals surface area contributed by atoms with Gasteiger partial charge in [0.05, 0.1) is 11.8 Å². The number of nitrogen functional groups attached to an aromatic ring is 1. The molecule has 0 heterocycles. The first-order valence-electron chi connectivity index (χ1n) is 4.94. The Bertz CT molecular complexity index is 391. The first-order chi connectivity index (χ1) is 7.41. The second-order valence-corrected chi connectivity index (χ2v) is 3.74. The van der Waals surface area contributed by atoms with Crippen molar-refractivity contribution in [3.05, 3.63) is 18.2 Å². The van der Waals surface area contributed by atoms with Gasteiger partial charge in [0.2, 0.25) is 0 Å². The van der Waals surface area contributed by atoms with Crippen LogP contribution in [0.3, 0.4) is 0 Å². The highest BCUT2D eigenvalue weighted by atomic mass is 16.5. The summed E-state index contributed by atoms with van der Waals surface area (Å²) in [6.45, 7) is 3.75. The Morgan fingerprint density at radius 2 is 2.12 bits per heavy atom. The van der Waals surface area contributed by atoms with Gasteiger partial charge in [0.15, 0.2) is 0 Å². The van der Waals surface area contributed by atoms with Gasteiger partial charge in [-0.15, -0.1) is 0 Å². The Hall–Kier alpha value is -1.91. The lowest BCUT2D eigenvalue weighted by atomic mass is 10.2. The topological polar surface area (TPSA) is 75.8 Å². The van der Waals surface area contributed by atoms with E-state index in [-0.39, 0.29) is 6.10 Å². The van der Waals surface area contributed by atoms with Gasteiger partial charge in [0, 0.05) is 12.7 Å². The van der Waals surface area contributed by atoms with Crippen LogP contribution in [0.2, 0.25) is 0 Å². The molecule has 0 fully saturated rings. The summed E-state index contributed by atoms with van der Waals surface area (Å²) in [6, 6.07) is 4.92. The maximum absolute atomic E-state index is 10.9. The average Bonchev–Trinajstić information content (AvgIpc) is 2.18. The first-order valence-corrected chi connectivity index (χ1v) is 4.94. The lowest BCUT2D eigenvalue weighted by Gasteiger charge is -2.19. The molecule has 5 heteroatoms. The van der Waals surface area contributed by atoms with Crippen molar-refractivity contribution in [1.29, 1.82) is 0 Å². The molecule has 1 rings (SSSR count). The van der Waals surface area contributed by atoms with E-state index in [1.54, 1.807) is 18.2 Å². The molecule has 0 aliphatic carbocycles. The number of nitrogens with two attached hydrogens (primary N) is 1. The van der Waals surface area contributed by atoms with Gasteiger partial charge in [-0.2, -0.15) is 0 Å². The van der Waals surface area contributed by atoms with Crippen LogP contribution < -0.4 is 15.4 Å². The highest BCUT2D eigenvalue weighted by Crippen LogP contribution is 2.30. The molecule has 5 nitrogen and oxygen atoms in total. The Morgan fingerprint density at radius 3 is 2.62 bits per heavy atom. The number of carboxylic acid groups (broad SMARTS) is 1. The van der Waals surface area contributed by atoms with E-state index in [1.165, 1.54) is 7.05 Å². The van der Waals surface area contributed by atoms with E-state index in [9.17, 15) is 4.79 Å². The maximum atomic E-state index is 10.9. The molecule has 0 atom stereocenters. The predicted molar refractivity (Wildman–Crippen MR) is 63.0 cm³/mol. The first kappa shape index (κ1) is 12.2. The molecule has 0 aliphatic heterocycles. The summed E-state index contributed by atoms with van der Waals surface area (Å²) in [6.07, 6.45) is -1.08. The van der Waals surface area contributed by atoms with Crippen molar-refractivity contribution in [3.8, 4) is 5.75 Å². The van der Waals surface area contributed by atoms with Crippen LogP contribution in [0.1, 0.15) is 13.8 Å². The number of ether oxygens (including phenoxy) is 1. The van der Waals surface area contributed by atoms with Gasteiger partial charge >= 0.3 is 6.09 Å². The van der Waals surface area contributed by atoms with Crippen molar-refractivity contribution < 1.29 is 14.6 Å². The van der Waals surface area contributed by atoms with Crippen molar-refractivity contribution >= 4 is 17.5 Å². The number of nitrogens with zero attached hydrogens (tertiary/aromatic N) is 1. The lowest BCUT2D eigenvalue weighted by molar-refractivity contribution is 0.202. The zero-order valence-electron chi connectivity index (χ0n) is 9.60. The number of benzene rings is 1. The zero-order valence-corrected chi connectivity index (χ0v) is 9.60. The van der Waals surface area contributed by atoms with Crippen LogP contribution in [-0.4, -0.2) is 24.4 Å². The number of anilines is 2. The summed E-state index contributed by atoms with van der Waals surface area (Å²) in [5, 5.41) is 8.91. The van der Waals surface area contributed by atoms with Gasteiger partial charge in [-0.25, -0.2) is 4.79 Å². The van der Waals surface area contributed by atoms with Crippen molar-refractivity contribution in [2.45, 2.75) is 20.0 Å². The lowest BCUT2D eigenvalue weighted by Crippen LogP contribution is -2.25. The van der Waals surface area contributed by atoms with E-state index in [0.29, 0.717) is 17.1 Å². The van der Waals surface area contributed by atoms with Crippen LogP contribution in [0.5, 0.6) is 5.75 Å². The summed E-state index contributed by atoms with van der Waals surface area (Å²) >= 11 is 0. The SMILES string of the molecule is CC(C)Oc1ccc(N)cc1N(C)C(=O)O. The third-order valence-electron chi connectivity index (χ3n) is 1.99. The molecule has 0 unspecified atom stereocenters. The molecule has 1 aromatic rings. The van der Waals surface area contributed by atoms with E-state index in [2.05, 4.69) is 0 Å². The van der Waals surface area contributed by atoms with Crippen LogP contribution >= 0.6 is 0 Å². The molecule has 0 bridgehead atoms. The number of hydrogen-bond donors (Lipinski definition) is 2. The van der Waals surface area contributed by atoms with Crippen molar-refractivity contribution in [2.75, 3.05) is 17.7 Å². The number of amides is 1. The van der Waals surface area contributed by atoms with Gasteiger partial charge in [-0.3, -0.25) is 4.90 Å². The molecule has 0 aromatic heterocycles. The molecule has 0 aliphatic rings. The fourth-order valence-electron chi connectivity index (χ4n) is 1.25. The molecule has 16 heavy (non-hydrogen) atoms. The molecule has 1 amide bonds. The minimum Gasteiger partial charge on any atom is -0.489 e. The largest absolute Gasteiger partial charge is 0.489 e. The van der Waals surface area contributed by atoms with Crippen molar-refractivity contribution in [3.63, 3.8) is 0 Å². The van der Waals surface area contributed by atoms with Crippen LogP contribution in [0.25, 0.3) is 0 Å². The summed E-state index contributed by atoms with van der Waals surface area (Å²) in [7, 11) is 1.45. The number of hydrogen-bond acceptors (Lipinski definition) is 3. The van der Waals surface area contributed by atoms with Crippen LogP contribution in [0.4, 0.5) is 16.2 Å². The molecule has 0 saturated carbocycles. The minimum absolute atomic E-state index is 0.0235. The molecule has 0 radical (unpaired) electrons. The third-order valence-corrected chi connectivity index (χ3v) is 1.99. The summed E-state index contributed by atoms with van der Waals surface area (Å²) in [4.78, 5) is 12.0. The number of carbonyl (C=O) groups is 1. The van der Waals surface area contributed by atoms with Crippen LogP contribution in [0.15, 0.2) is 18.2 Å². The molecule has 0 saturated heterocycles. The third kappa shape index (κ3) is 2.79. The Balaban J connectivity index is 3.12. The second-order valence-electron chi connectivity index (χ2n) is 3.74. The van der Waals surface area contributed by atoms with E-state index >= 15 is 0 Å². The van der Waals surface area contributed by atoms with Crippen LogP contribution in [0, 0.1) is 0 Å². The van der Waals surface area contributed by atoms with Crippen LogP contribution in [-0.2, 0) is 0 Å². The average molecular weight is 224 g/mol. The number of rotatable bonds is 3. The highest BCUT2D eigenvalue weighted by molar-refractivity contribution is 5.88. The van der Waals surface area contributed by atoms with Crippen molar-refractivity contribution in [1.82, 2.24) is 0 Å². The monoisotopic (exact) mass is 224 g/mol. The normalized spacial score (nSPS) is 10.2. The van der Waals surface area contributed by atoms with E-state index in [4.69, 9.17) is 15.6 Å². The van der Waals surface area contributed by atoms with E-state index in [1.807, 2.05) is 13.8 Å². The molecule has 88 valence electrons. The summed E-state index contributed by atoms with van der Waals surface area (Å²) in [5.41, 5.74) is 6.57. The molecule has 1 aromatic carbocycles. The molecular weight excluding hydrogens is 208 g/mol. The van der Waals surface area contributed by atoms with Gasteiger partial charge < -0.3 is 15.6 Å². The smallest absolute Gasteiger partial charge is 0.411 e. The Kier molecular flexibility index (Phi) is 3.60. The Morgan fingerprint density at radius 1 is 1.50 bits per heavy atom. The molecular formula is C11H16N2O3. The van der Waals surface area contributed by atoms with Gasteiger partial charge in [-0.1, -0.05) is 0 Å². The highest BCUT2D eigenvalue weighted by Gasteiger charge is 2.15. The second kappa shape index (κ2) is 4.74. The van der Waals surface area contributed by atoms with Gasteiger partial charge in [0.25, 0.3) is 0 Å². The molecule has 3 N–H and O–H groups in total. The fraction of sp³-hybridized carbons (Fsp3) is 0.364. The van der Waals surface area contributed by atoms with E-state index in [0.717, 1.165) is 4.90 Å². The van der Waals surface area contributed by atoms with Crippen molar-refractivity contribution in [2.24, 2.45) is 0 Å². The quantitative estimate of drug-likeness (QED) is 0.771.